The molecule has 0 aliphatic heterocycles. The van der Waals surface area contributed by atoms with Gasteiger partial charge in [-0.2, -0.15) is 0 Å². The van der Waals surface area contributed by atoms with Crippen LogP contribution in [-0.4, -0.2) is 33.6 Å². The minimum absolute atomic E-state index is 0. The van der Waals surface area contributed by atoms with Crippen molar-refractivity contribution in [2.75, 3.05) is 14.1 Å². The smallest absolute Gasteiger partial charge is 1.00 e. The summed E-state index contributed by atoms with van der Waals surface area (Å²) in [5.74, 6) is 0. The largest absolute Gasteiger partial charge is 1.00 e. The SMILES string of the molecule is CC[CH2][GeH2][N](C)C.[H-].[H-]. The normalized spacial score (nSPS) is 12.0. The zero-order valence-corrected chi connectivity index (χ0v) is 8.54. The second-order valence-corrected chi connectivity index (χ2v) is 7.23. The molecule has 0 amide bonds. The molecule has 0 aromatic heterocycles. The molecule has 0 atom stereocenters. The van der Waals surface area contributed by atoms with Crippen molar-refractivity contribution in [2.45, 2.75) is 18.6 Å². The third kappa shape index (κ3) is 6.50. The van der Waals surface area contributed by atoms with Crippen LogP contribution in [0.3, 0.4) is 0 Å². The van der Waals surface area contributed by atoms with E-state index in [1.165, 1.54) is 11.7 Å². The van der Waals surface area contributed by atoms with E-state index in [-0.39, 0.29) is 18.5 Å². The summed E-state index contributed by atoms with van der Waals surface area (Å²) < 4.78 is 2.40. The quantitative estimate of drug-likeness (QED) is 0.554. The van der Waals surface area contributed by atoms with Gasteiger partial charge >= 0.3 is 52.2 Å². The summed E-state index contributed by atoms with van der Waals surface area (Å²) in [7, 11) is 4.38. The molecule has 0 radical (unpaired) electrons. The van der Waals surface area contributed by atoms with E-state index in [4.69, 9.17) is 0 Å². The van der Waals surface area contributed by atoms with Crippen LogP contribution >= 0.6 is 0 Å². The van der Waals surface area contributed by atoms with Gasteiger partial charge in [-0.05, 0) is 0 Å². The second-order valence-electron chi connectivity index (χ2n) is 2.16. The zero-order chi connectivity index (χ0) is 5.70. The fourth-order valence-corrected chi connectivity index (χ4v) is 2.46. The Kier molecular flexibility index (Phi) is 4.99. The van der Waals surface area contributed by atoms with E-state index < -0.39 is 0 Å². The molecule has 0 aliphatic carbocycles. The Morgan fingerprint density at radius 2 is 2.14 bits per heavy atom. The predicted octanol–water partition coefficient (Wildman–Crippen LogP) is 0.685. The molecule has 0 fully saturated rings. The van der Waals surface area contributed by atoms with Crippen LogP contribution in [0.4, 0.5) is 0 Å². The molecule has 0 aromatic carbocycles. The summed E-state index contributed by atoms with van der Waals surface area (Å²) >= 11 is -0.189. The number of rotatable bonds is 3. The summed E-state index contributed by atoms with van der Waals surface area (Å²) in [4.78, 5) is 0. The molecule has 1 nitrogen and oxygen atoms in total. The van der Waals surface area contributed by atoms with Crippen molar-refractivity contribution in [3.8, 4) is 0 Å². The Morgan fingerprint density at radius 1 is 1.57 bits per heavy atom. The van der Waals surface area contributed by atoms with Crippen LogP contribution in [0.25, 0.3) is 0 Å². The molecular weight excluding hydrogens is 147 g/mol. The van der Waals surface area contributed by atoms with Gasteiger partial charge in [0.05, 0.1) is 0 Å². The van der Waals surface area contributed by atoms with Crippen molar-refractivity contribution in [2.24, 2.45) is 0 Å². The minimum atomic E-state index is -0.189. The summed E-state index contributed by atoms with van der Waals surface area (Å²) in [5, 5.41) is 1.51. The average Bonchev–Trinajstić information content (AvgIpc) is 1.61. The number of hydrogen-bond donors (Lipinski definition) is 0. The Balaban J connectivity index is -0.000000180. The van der Waals surface area contributed by atoms with Crippen LogP contribution in [0.15, 0.2) is 0 Å². The molecule has 0 spiro atoms. The summed E-state index contributed by atoms with van der Waals surface area (Å²) in [6, 6.07) is 0. The molecule has 0 saturated heterocycles. The summed E-state index contributed by atoms with van der Waals surface area (Å²) in [5.41, 5.74) is 0. The number of nitrogens with zero attached hydrogens (tertiary/aromatic N) is 1. The van der Waals surface area contributed by atoms with Gasteiger partial charge in [0.25, 0.3) is 0 Å². The fourth-order valence-electron chi connectivity index (χ4n) is 0.474. The molecule has 0 aromatic rings. The van der Waals surface area contributed by atoms with E-state index >= 15 is 0 Å². The predicted molar refractivity (Wildman–Crippen MR) is 39.6 cm³/mol. The van der Waals surface area contributed by atoms with Gasteiger partial charge in [0.15, 0.2) is 0 Å². The molecule has 0 N–H and O–H groups in total. The van der Waals surface area contributed by atoms with E-state index in [1.54, 1.807) is 0 Å². The molecule has 2 heteroatoms. The molecule has 0 bridgehead atoms. The van der Waals surface area contributed by atoms with Crippen molar-refractivity contribution >= 4 is 15.7 Å². The van der Waals surface area contributed by atoms with Gasteiger partial charge in [0.1, 0.15) is 0 Å². The molecule has 0 aliphatic rings. The fraction of sp³-hybridized carbons (Fsp3) is 1.00. The van der Waals surface area contributed by atoms with Gasteiger partial charge in [-0.25, -0.2) is 0 Å². The van der Waals surface area contributed by atoms with Crippen LogP contribution in [0, 0.1) is 0 Å². The van der Waals surface area contributed by atoms with Crippen LogP contribution in [0.2, 0.25) is 5.25 Å². The van der Waals surface area contributed by atoms with Gasteiger partial charge in [0.2, 0.25) is 0 Å². The second kappa shape index (κ2) is 4.66. The first kappa shape index (κ1) is 7.50. The zero-order valence-electron chi connectivity index (χ0n) is 7.57. The monoisotopic (exact) mass is 165 g/mol. The Morgan fingerprint density at radius 3 is 2.29 bits per heavy atom. The summed E-state index contributed by atoms with van der Waals surface area (Å²) in [6.07, 6.45) is 1.39. The van der Waals surface area contributed by atoms with Crippen LogP contribution in [0.5, 0.6) is 0 Å². The third-order valence-electron chi connectivity index (χ3n) is 0.959. The van der Waals surface area contributed by atoms with Crippen LogP contribution in [-0.2, 0) is 0 Å². The first-order valence-corrected chi connectivity index (χ1v) is 6.34. The van der Waals surface area contributed by atoms with E-state index in [0.29, 0.717) is 0 Å². The summed E-state index contributed by atoms with van der Waals surface area (Å²) in [6.45, 7) is 2.26. The Labute approximate surface area is 55.7 Å². The molecular formula is C5H17GeN-2. The van der Waals surface area contributed by atoms with Gasteiger partial charge in [0, 0.05) is 0 Å². The molecule has 0 unspecified atom stereocenters. The Bertz CT molecular complexity index is 43.9. The van der Waals surface area contributed by atoms with E-state index in [1.807, 2.05) is 0 Å². The molecule has 0 heterocycles. The van der Waals surface area contributed by atoms with E-state index in [2.05, 4.69) is 24.9 Å². The maximum atomic E-state index is 2.40. The van der Waals surface area contributed by atoms with E-state index in [0.717, 1.165) is 0 Å². The van der Waals surface area contributed by atoms with E-state index in [9.17, 15) is 0 Å². The van der Waals surface area contributed by atoms with Crippen molar-refractivity contribution in [3.63, 3.8) is 0 Å². The van der Waals surface area contributed by atoms with Crippen LogP contribution < -0.4 is 0 Å². The Hall–Kier alpha value is 0.503. The molecule has 48 valence electrons. The van der Waals surface area contributed by atoms with Gasteiger partial charge < -0.3 is 2.85 Å². The average molecular weight is 164 g/mol. The van der Waals surface area contributed by atoms with Crippen molar-refractivity contribution in [1.82, 2.24) is 3.86 Å². The molecule has 7 heavy (non-hydrogen) atoms. The van der Waals surface area contributed by atoms with Gasteiger partial charge in [-0.3, -0.25) is 0 Å². The molecule has 0 saturated carbocycles. The minimum Gasteiger partial charge on any atom is -1.00 e. The third-order valence-corrected chi connectivity index (χ3v) is 4.98. The number of hydrogen-bond acceptors (Lipinski definition) is 1. The first-order chi connectivity index (χ1) is 3.27. The van der Waals surface area contributed by atoms with Crippen molar-refractivity contribution in [3.05, 3.63) is 0 Å². The van der Waals surface area contributed by atoms with Gasteiger partial charge in [-0.15, -0.1) is 0 Å². The first-order valence-electron chi connectivity index (χ1n) is 2.92. The van der Waals surface area contributed by atoms with Crippen LogP contribution in [0.1, 0.15) is 16.2 Å². The maximum absolute atomic E-state index is 2.40. The van der Waals surface area contributed by atoms with Crippen molar-refractivity contribution < 1.29 is 2.85 Å². The molecule has 0 rings (SSSR count). The van der Waals surface area contributed by atoms with Crippen molar-refractivity contribution in [1.29, 1.82) is 0 Å². The maximum Gasteiger partial charge on any atom is -1.00 e. The topological polar surface area (TPSA) is 3.24 Å². The van der Waals surface area contributed by atoms with Gasteiger partial charge in [-0.1, -0.05) is 0 Å². The standard InChI is InChI=1S/C5H15GeN.2H/c1-4-5-6-7(2)3;;/h4-6H2,1-3H3;;/q;2*-1.